The fourth-order valence-electron chi connectivity index (χ4n) is 4.57. The molecule has 0 aliphatic carbocycles. The van der Waals surface area contributed by atoms with E-state index in [0.29, 0.717) is 44.1 Å². The van der Waals surface area contributed by atoms with Gasteiger partial charge in [0.1, 0.15) is 5.75 Å². The normalized spacial score (nSPS) is 15.6. The van der Waals surface area contributed by atoms with Crippen LogP contribution in [-0.4, -0.2) is 69.1 Å². The lowest BCUT2D eigenvalue weighted by molar-refractivity contribution is -0.128. The Labute approximate surface area is 206 Å². The largest absolute Gasteiger partial charge is 0.497 e. The van der Waals surface area contributed by atoms with E-state index in [4.69, 9.17) is 14.2 Å². The van der Waals surface area contributed by atoms with Gasteiger partial charge in [0.15, 0.2) is 11.5 Å². The van der Waals surface area contributed by atoms with Crippen LogP contribution in [0.5, 0.6) is 17.2 Å². The molecule has 0 bridgehead atoms. The minimum Gasteiger partial charge on any atom is -0.497 e. The van der Waals surface area contributed by atoms with Crippen LogP contribution >= 0.6 is 0 Å². The molecule has 2 amide bonds. The van der Waals surface area contributed by atoms with E-state index in [1.165, 1.54) is 5.56 Å². The molecule has 8 nitrogen and oxygen atoms in total. The Balaban J connectivity index is 1.30. The molecule has 8 heteroatoms. The number of rotatable bonds is 8. The van der Waals surface area contributed by atoms with Gasteiger partial charge in [-0.15, -0.1) is 0 Å². The summed E-state index contributed by atoms with van der Waals surface area (Å²) in [6.07, 6.45) is 3.99. The van der Waals surface area contributed by atoms with E-state index in [0.717, 1.165) is 42.0 Å². The van der Waals surface area contributed by atoms with Crippen molar-refractivity contribution >= 4 is 17.5 Å². The highest BCUT2D eigenvalue weighted by molar-refractivity contribution is 5.94. The molecule has 2 aromatic rings. The van der Waals surface area contributed by atoms with Crippen molar-refractivity contribution in [2.75, 3.05) is 52.8 Å². The Bertz CT molecular complexity index is 1100. The zero-order valence-electron chi connectivity index (χ0n) is 20.6. The SMILES string of the molecule is COc1ccc(NC(=O)CCN2CCC=C(C(=O)N3CCc4cc(OC)c(OC)cc4C3)C2)cc1. The first-order valence-electron chi connectivity index (χ1n) is 11.9. The summed E-state index contributed by atoms with van der Waals surface area (Å²) in [5.74, 6) is 2.16. The third-order valence-electron chi connectivity index (χ3n) is 6.54. The Morgan fingerprint density at radius 3 is 2.31 bits per heavy atom. The first kappa shape index (κ1) is 24.6. The Kier molecular flexibility index (Phi) is 7.92. The highest BCUT2D eigenvalue weighted by atomic mass is 16.5. The van der Waals surface area contributed by atoms with E-state index in [1.54, 1.807) is 21.3 Å². The van der Waals surface area contributed by atoms with Crippen molar-refractivity contribution in [3.05, 3.63) is 59.2 Å². The van der Waals surface area contributed by atoms with E-state index in [1.807, 2.05) is 47.4 Å². The molecule has 0 aromatic heterocycles. The second kappa shape index (κ2) is 11.3. The first-order valence-corrected chi connectivity index (χ1v) is 11.9. The van der Waals surface area contributed by atoms with Gasteiger partial charge in [0.05, 0.1) is 21.3 Å². The predicted molar refractivity (Wildman–Crippen MR) is 134 cm³/mol. The van der Waals surface area contributed by atoms with Gasteiger partial charge in [0, 0.05) is 50.4 Å². The van der Waals surface area contributed by atoms with Crippen LogP contribution < -0.4 is 19.5 Å². The zero-order chi connectivity index (χ0) is 24.8. The lowest BCUT2D eigenvalue weighted by Gasteiger charge is -2.33. The molecule has 2 heterocycles. The Morgan fingerprint density at radius 1 is 0.914 bits per heavy atom. The van der Waals surface area contributed by atoms with Crippen molar-refractivity contribution in [2.45, 2.75) is 25.8 Å². The molecular weight excluding hydrogens is 446 g/mol. The standard InChI is InChI=1S/C27H33N3O5/c1-33-23-8-6-22(7-9-23)28-26(31)11-13-29-12-4-5-20(17-29)27(32)30-14-10-19-15-24(34-2)25(35-3)16-21(19)18-30/h5-9,15-16H,4,10-14,17-18H2,1-3H3,(H,28,31). The molecule has 0 saturated carbocycles. The van der Waals surface area contributed by atoms with Crippen LogP contribution in [-0.2, 0) is 22.6 Å². The highest BCUT2D eigenvalue weighted by Crippen LogP contribution is 2.33. The fourth-order valence-corrected chi connectivity index (χ4v) is 4.57. The number of methoxy groups -OCH3 is 3. The molecule has 1 N–H and O–H groups in total. The number of fused-ring (bicyclic) bond motifs is 1. The molecule has 0 spiro atoms. The van der Waals surface area contributed by atoms with E-state index in [9.17, 15) is 9.59 Å². The number of hydrogen-bond donors (Lipinski definition) is 1. The van der Waals surface area contributed by atoms with Gasteiger partial charge in [-0.25, -0.2) is 0 Å². The molecule has 0 radical (unpaired) electrons. The van der Waals surface area contributed by atoms with E-state index >= 15 is 0 Å². The van der Waals surface area contributed by atoms with Crippen LogP contribution in [0.4, 0.5) is 5.69 Å². The minimum atomic E-state index is -0.0467. The van der Waals surface area contributed by atoms with Gasteiger partial charge in [0.25, 0.3) is 5.91 Å². The van der Waals surface area contributed by atoms with Crippen LogP contribution in [0.2, 0.25) is 0 Å². The molecule has 0 fully saturated rings. The van der Waals surface area contributed by atoms with E-state index < -0.39 is 0 Å². The lowest BCUT2D eigenvalue weighted by atomic mass is 9.97. The van der Waals surface area contributed by atoms with Gasteiger partial charge in [0.2, 0.25) is 5.91 Å². The number of carbonyl (C=O) groups excluding carboxylic acids is 2. The molecule has 2 aromatic carbocycles. The van der Waals surface area contributed by atoms with Gasteiger partial charge in [-0.3, -0.25) is 14.5 Å². The molecule has 4 rings (SSSR count). The maximum Gasteiger partial charge on any atom is 0.251 e. The maximum absolute atomic E-state index is 13.3. The molecular formula is C27H33N3O5. The summed E-state index contributed by atoms with van der Waals surface area (Å²) in [7, 11) is 4.86. The summed E-state index contributed by atoms with van der Waals surface area (Å²) in [4.78, 5) is 29.8. The topological polar surface area (TPSA) is 80.3 Å². The minimum absolute atomic E-state index is 0.0467. The van der Waals surface area contributed by atoms with Crippen molar-refractivity contribution in [3.63, 3.8) is 0 Å². The third-order valence-corrected chi connectivity index (χ3v) is 6.54. The van der Waals surface area contributed by atoms with Crippen LogP contribution in [0.1, 0.15) is 24.0 Å². The van der Waals surface area contributed by atoms with Gasteiger partial charge in [-0.05, 0) is 60.4 Å². The molecule has 2 aliphatic rings. The summed E-state index contributed by atoms with van der Waals surface area (Å²) >= 11 is 0. The monoisotopic (exact) mass is 479 g/mol. The quantitative estimate of drug-likeness (QED) is 0.626. The second-order valence-corrected chi connectivity index (χ2v) is 8.77. The van der Waals surface area contributed by atoms with Crippen molar-refractivity contribution < 1.29 is 23.8 Å². The molecule has 2 aliphatic heterocycles. The number of nitrogens with one attached hydrogen (secondary N) is 1. The summed E-state index contributed by atoms with van der Waals surface area (Å²) in [5.41, 5.74) is 3.82. The Hall–Kier alpha value is -3.52. The summed E-state index contributed by atoms with van der Waals surface area (Å²) in [6, 6.07) is 11.2. The first-order chi connectivity index (χ1) is 17.0. The number of benzene rings is 2. The maximum atomic E-state index is 13.3. The van der Waals surface area contributed by atoms with Gasteiger partial charge in [-0.1, -0.05) is 6.08 Å². The predicted octanol–water partition coefficient (Wildman–Crippen LogP) is 3.26. The van der Waals surface area contributed by atoms with Crippen LogP contribution in [0, 0.1) is 0 Å². The van der Waals surface area contributed by atoms with Crippen molar-refractivity contribution in [1.29, 1.82) is 0 Å². The average molecular weight is 480 g/mol. The number of ether oxygens (including phenoxy) is 3. The summed E-state index contributed by atoms with van der Waals surface area (Å²) in [5, 5.41) is 2.92. The summed E-state index contributed by atoms with van der Waals surface area (Å²) < 4.78 is 16.0. The van der Waals surface area contributed by atoms with Gasteiger partial charge >= 0.3 is 0 Å². The number of amides is 2. The third kappa shape index (κ3) is 5.95. The molecule has 0 unspecified atom stereocenters. The van der Waals surface area contributed by atoms with Crippen LogP contribution in [0.25, 0.3) is 0 Å². The second-order valence-electron chi connectivity index (χ2n) is 8.77. The average Bonchev–Trinajstić information content (AvgIpc) is 2.91. The van der Waals surface area contributed by atoms with Crippen LogP contribution in [0.3, 0.4) is 0 Å². The number of carbonyl (C=O) groups is 2. The smallest absolute Gasteiger partial charge is 0.251 e. The molecule has 186 valence electrons. The number of anilines is 1. The van der Waals surface area contributed by atoms with E-state index in [-0.39, 0.29) is 11.8 Å². The van der Waals surface area contributed by atoms with E-state index in [2.05, 4.69) is 10.2 Å². The van der Waals surface area contributed by atoms with Crippen molar-refractivity contribution in [2.24, 2.45) is 0 Å². The van der Waals surface area contributed by atoms with Crippen molar-refractivity contribution in [1.82, 2.24) is 9.80 Å². The van der Waals surface area contributed by atoms with Gasteiger partial charge < -0.3 is 24.4 Å². The van der Waals surface area contributed by atoms with Crippen molar-refractivity contribution in [3.8, 4) is 17.2 Å². The molecule has 0 saturated heterocycles. The number of nitrogens with zero attached hydrogens (tertiary/aromatic N) is 2. The zero-order valence-corrected chi connectivity index (χ0v) is 20.6. The highest BCUT2D eigenvalue weighted by Gasteiger charge is 2.27. The molecule has 35 heavy (non-hydrogen) atoms. The van der Waals surface area contributed by atoms with Crippen LogP contribution in [0.15, 0.2) is 48.0 Å². The lowest BCUT2D eigenvalue weighted by Crippen LogP contribution is -2.41. The van der Waals surface area contributed by atoms with Gasteiger partial charge in [-0.2, -0.15) is 0 Å². The fraction of sp³-hybridized carbons (Fsp3) is 0.407. The number of hydrogen-bond acceptors (Lipinski definition) is 6. The molecule has 0 atom stereocenters. The summed E-state index contributed by atoms with van der Waals surface area (Å²) in [6.45, 7) is 3.22. The Morgan fingerprint density at radius 2 is 1.63 bits per heavy atom.